The van der Waals surface area contributed by atoms with Crippen LogP contribution in [0.25, 0.3) is 61.3 Å². The second kappa shape index (κ2) is 13.7. The second-order valence-corrected chi connectivity index (χ2v) is 17.2. The number of fused-ring (bicyclic) bond motifs is 6. The number of imidazole rings is 1. The summed E-state index contributed by atoms with van der Waals surface area (Å²) in [5.41, 5.74) is 18.6. The molecule has 1 aliphatic heterocycles. The minimum atomic E-state index is -0.0916. The van der Waals surface area contributed by atoms with Gasteiger partial charge in [0.2, 0.25) is 6.71 Å². The largest absolute Gasteiger partial charge is 0.454 e. The Balaban J connectivity index is 1.18. The monoisotopic (exact) mass is 774 g/mol. The van der Waals surface area contributed by atoms with Gasteiger partial charge in [-0.3, -0.25) is 9.55 Å². The number of furan rings is 1. The molecule has 0 spiro atoms. The van der Waals surface area contributed by atoms with E-state index in [2.05, 4.69) is 202 Å². The first-order valence-corrected chi connectivity index (χ1v) is 20.8. The van der Waals surface area contributed by atoms with Gasteiger partial charge < -0.3 is 9.32 Å². The van der Waals surface area contributed by atoms with Gasteiger partial charge in [-0.05, 0) is 107 Å². The molecular weight excluding hydrogens is 731 g/mol. The smallest absolute Gasteiger partial charge is 0.246 e. The Morgan fingerprint density at radius 3 is 2.17 bits per heavy atom. The van der Waals surface area contributed by atoms with Crippen molar-refractivity contribution in [2.75, 3.05) is 4.90 Å². The van der Waals surface area contributed by atoms with E-state index in [0.29, 0.717) is 0 Å². The third-order valence-corrected chi connectivity index (χ3v) is 12.3. The third kappa shape index (κ3) is 5.70. The van der Waals surface area contributed by atoms with Crippen LogP contribution < -0.4 is 21.3 Å². The summed E-state index contributed by atoms with van der Waals surface area (Å²) in [6.07, 6.45) is 1.94. The van der Waals surface area contributed by atoms with Crippen molar-refractivity contribution in [3.63, 3.8) is 0 Å². The summed E-state index contributed by atoms with van der Waals surface area (Å²) < 4.78 is 9.08. The van der Waals surface area contributed by atoms with Crippen LogP contribution in [-0.4, -0.2) is 21.2 Å². The summed E-state index contributed by atoms with van der Waals surface area (Å²) in [4.78, 5) is 12.7. The van der Waals surface area contributed by atoms with Crippen LogP contribution in [0.5, 0.6) is 0 Å². The summed E-state index contributed by atoms with van der Waals surface area (Å²) in [7, 11) is 0. The fourth-order valence-corrected chi connectivity index (χ4v) is 9.42. The molecular formula is C54H43BN4O. The SMILES string of the molecule is Cc1cccc(C)c1-n1c(-c2ccc3c(c2)B(c2cccc(-c4cc(C(C)(C)C)ccn4)c2)c2ccccc2N3c2cccc3c2oc2ccccc23)nc2ccccc21. The molecule has 0 unspecified atom stereocenters. The van der Waals surface area contributed by atoms with Gasteiger partial charge in [0.15, 0.2) is 5.58 Å². The van der Waals surface area contributed by atoms with E-state index in [4.69, 9.17) is 14.4 Å². The number of rotatable bonds is 5. The Hall–Kier alpha value is -7.18. The van der Waals surface area contributed by atoms with Gasteiger partial charge in [0.1, 0.15) is 11.4 Å². The molecule has 4 heterocycles. The highest BCUT2D eigenvalue weighted by Crippen LogP contribution is 2.43. The number of pyridine rings is 1. The minimum Gasteiger partial charge on any atom is -0.454 e. The molecule has 288 valence electrons. The lowest BCUT2D eigenvalue weighted by molar-refractivity contribution is 0.589. The van der Waals surface area contributed by atoms with Crippen LogP contribution in [0.4, 0.5) is 17.1 Å². The van der Waals surface area contributed by atoms with Crippen molar-refractivity contribution in [2.24, 2.45) is 0 Å². The first-order chi connectivity index (χ1) is 29.2. The number of nitrogens with zero attached hydrogens (tertiary/aromatic N) is 4. The highest BCUT2D eigenvalue weighted by atomic mass is 16.3. The molecule has 7 aromatic carbocycles. The van der Waals surface area contributed by atoms with E-state index in [9.17, 15) is 0 Å². The lowest BCUT2D eigenvalue weighted by atomic mass is 9.35. The van der Waals surface area contributed by atoms with Crippen molar-refractivity contribution in [3.8, 4) is 28.3 Å². The van der Waals surface area contributed by atoms with Crippen molar-refractivity contribution in [2.45, 2.75) is 40.0 Å². The zero-order valence-corrected chi connectivity index (χ0v) is 34.4. The van der Waals surface area contributed by atoms with Gasteiger partial charge in [0, 0.05) is 33.9 Å². The zero-order valence-electron chi connectivity index (χ0n) is 34.4. The number of para-hydroxylation sites is 6. The Morgan fingerprint density at radius 1 is 0.583 bits per heavy atom. The molecule has 11 rings (SSSR count). The number of anilines is 3. The first kappa shape index (κ1) is 35.9. The molecule has 0 aliphatic carbocycles. The van der Waals surface area contributed by atoms with Crippen molar-refractivity contribution in [3.05, 3.63) is 187 Å². The van der Waals surface area contributed by atoms with Crippen LogP contribution in [0.1, 0.15) is 37.5 Å². The van der Waals surface area contributed by atoms with Crippen molar-refractivity contribution < 1.29 is 4.42 Å². The lowest BCUT2D eigenvalue weighted by Crippen LogP contribution is -2.57. The molecule has 0 fully saturated rings. The Bertz CT molecular complexity index is 3290. The maximum Gasteiger partial charge on any atom is 0.246 e. The Kier molecular flexibility index (Phi) is 8.21. The summed E-state index contributed by atoms with van der Waals surface area (Å²) >= 11 is 0. The molecule has 1 aliphatic rings. The zero-order chi connectivity index (χ0) is 40.7. The summed E-state index contributed by atoms with van der Waals surface area (Å²) in [5.74, 6) is 0.914. The average molecular weight is 775 g/mol. The average Bonchev–Trinajstić information content (AvgIpc) is 3.84. The molecule has 0 N–H and O–H groups in total. The molecule has 0 amide bonds. The van der Waals surface area contributed by atoms with Crippen molar-refractivity contribution in [1.29, 1.82) is 0 Å². The predicted molar refractivity (Wildman–Crippen MR) is 251 cm³/mol. The maximum atomic E-state index is 6.73. The highest BCUT2D eigenvalue weighted by molar-refractivity contribution is 6.98. The molecule has 5 nitrogen and oxygen atoms in total. The van der Waals surface area contributed by atoms with E-state index in [1.165, 1.54) is 33.1 Å². The summed E-state index contributed by atoms with van der Waals surface area (Å²) in [5, 5.41) is 2.21. The van der Waals surface area contributed by atoms with Crippen LogP contribution in [0, 0.1) is 13.8 Å². The molecule has 0 atom stereocenters. The number of hydrogen-bond acceptors (Lipinski definition) is 4. The fourth-order valence-electron chi connectivity index (χ4n) is 9.42. The quantitative estimate of drug-likeness (QED) is 0.163. The van der Waals surface area contributed by atoms with E-state index < -0.39 is 0 Å². The molecule has 10 aromatic rings. The van der Waals surface area contributed by atoms with Gasteiger partial charge in [-0.2, -0.15) is 0 Å². The van der Waals surface area contributed by atoms with Gasteiger partial charge >= 0.3 is 0 Å². The highest BCUT2D eigenvalue weighted by Gasteiger charge is 2.37. The fraction of sp³-hybridized carbons (Fsp3) is 0.111. The molecule has 60 heavy (non-hydrogen) atoms. The van der Waals surface area contributed by atoms with E-state index in [1.807, 2.05) is 12.3 Å². The molecule has 0 bridgehead atoms. The third-order valence-electron chi connectivity index (χ3n) is 12.3. The number of aryl methyl sites for hydroxylation is 2. The molecule has 3 aromatic heterocycles. The molecule has 0 saturated heterocycles. The first-order valence-electron chi connectivity index (χ1n) is 20.8. The van der Waals surface area contributed by atoms with Crippen LogP contribution in [0.2, 0.25) is 0 Å². The lowest BCUT2D eigenvalue weighted by Gasteiger charge is -2.37. The topological polar surface area (TPSA) is 47.1 Å². The van der Waals surface area contributed by atoms with Gasteiger partial charge in [-0.15, -0.1) is 0 Å². The summed E-state index contributed by atoms with van der Waals surface area (Å²) in [6.45, 7) is 11.0. The number of benzene rings is 7. The van der Waals surface area contributed by atoms with Gasteiger partial charge in [-0.25, -0.2) is 4.98 Å². The minimum absolute atomic E-state index is 0.00639. The molecule has 0 radical (unpaired) electrons. The molecule has 6 heteroatoms. The van der Waals surface area contributed by atoms with Crippen LogP contribution in [-0.2, 0) is 5.41 Å². The van der Waals surface area contributed by atoms with E-state index in [-0.39, 0.29) is 12.1 Å². The predicted octanol–water partition coefficient (Wildman–Crippen LogP) is 11.9. The Morgan fingerprint density at radius 2 is 1.30 bits per heavy atom. The molecule has 0 saturated carbocycles. The van der Waals surface area contributed by atoms with Crippen molar-refractivity contribution >= 4 is 73.1 Å². The van der Waals surface area contributed by atoms with Crippen molar-refractivity contribution in [1.82, 2.24) is 14.5 Å². The maximum absolute atomic E-state index is 6.73. The van der Waals surface area contributed by atoms with E-state index in [1.54, 1.807) is 0 Å². The number of aromatic nitrogens is 3. The second-order valence-electron chi connectivity index (χ2n) is 17.2. The van der Waals surface area contributed by atoms with E-state index >= 15 is 0 Å². The normalized spacial score (nSPS) is 12.7. The Labute approximate surface area is 350 Å². The van der Waals surface area contributed by atoms with Gasteiger partial charge in [-0.1, -0.05) is 135 Å². The number of hydrogen-bond donors (Lipinski definition) is 0. The van der Waals surface area contributed by atoms with Crippen LogP contribution in [0.15, 0.2) is 174 Å². The van der Waals surface area contributed by atoms with Crippen LogP contribution >= 0.6 is 0 Å². The van der Waals surface area contributed by atoms with Gasteiger partial charge in [0.25, 0.3) is 0 Å². The summed E-state index contributed by atoms with van der Waals surface area (Å²) in [6, 6.07) is 59.0. The van der Waals surface area contributed by atoms with E-state index in [0.717, 1.165) is 78.4 Å². The van der Waals surface area contributed by atoms with Gasteiger partial charge in [0.05, 0.1) is 28.1 Å². The van der Waals surface area contributed by atoms with Crippen LogP contribution in [0.3, 0.4) is 0 Å². The standard InChI is InChI=1S/C54H43BN4O/c1-34-15-12-16-35(2)51(34)59-48-24-10-8-22-44(48)57-53(59)37-27-28-47-43(32-37)55(39-18-13-17-36(31-39)45-33-38(29-30-56-45)54(3,4)5)42-21-7-9-23-46(42)58(47)49-25-14-20-41-40-19-6-11-26-50(40)60-52(41)49/h6-33H,1-5H3.